The monoisotopic (exact) mass is 343 g/mol. The molecule has 3 nitrogen and oxygen atoms in total. The maximum absolute atomic E-state index is 9.14. The number of benzene rings is 2. The zero-order valence-corrected chi connectivity index (χ0v) is 12.8. The first-order valence-corrected chi connectivity index (χ1v) is 7.25. The topological polar surface area (TPSA) is 44.5 Å². The number of aromatic nitrogens is 2. The molecular formula is C15H10BrN3S. The van der Waals surface area contributed by atoms with Gasteiger partial charge in [-0.05, 0) is 42.0 Å². The summed E-state index contributed by atoms with van der Waals surface area (Å²) in [6, 6.07) is 15.9. The minimum Gasteiger partial charge on any atom is -0.329 e. The van der Waals surface area contributed by atoms with Gasteiger partial charge in [0, 0.05) is 4.47 Å². The summed E-state index contributed by atoms with van der Waals surface area (Å²) in [5, 5.41) is 9.14. The Bertz CT molecular complexity index is 886. The molecule has 1 N–H and O–H groups in total. The Balaban J connectivity index is 2.15. The molecule has 0 bridgehead atoms. The van der Waals surface area contributed by atoms with Crippen LogP contribution in [0.25, 0.3) is 11.0 Å². The molecule has 2 aromatic carbocycles. The maximum atomic E-state index is 9.14. The summed E-state index contributed by atoms with van der Waals surface area (Å²) in [5.41, 5.74) is 3.52. The number of hydrogen-bond acceptors (Lipinski definition) is 2. The standard InChI is InChI=1S/C15H10BrN3S/c16-12-5-1-3-10(7-12)9-19-13-6-2-4-11(8-17)14(13)18-15(19)20/h1-7H,9H2,(H,18,20). The quantitative estimate of drug-likeness (QED) is 0.701. The summed E-state index contributed by atoms with van der Waals surface area (Å²) in [5.74, 6) is 0. The van der Waals surface area contributed by atoms with Crippen LogP contribution in [0.15, 0.2) is 46.9 Å². The van der Waals surface area contributed by atoms with Crippen LogP contribution >= 0.6 is 28.1 Å². The van der Waals surface area contributed by atoms with Crippen LogP contribution in [-0.2, 0) is 6.54 Å². The van der Waals surface area contributed by atoms with Crippen molar-refractivity contribution in [3.05, 3.63) is 62.8 Å². The molecule has 0 amide bonds. The molecule has 5 heteroatoms. The molecule has 0 fully saturated rings. The van der Waals surface area contributed by atoms with Gasteiger partial charge in [-0.25, -0.2) is 0 Å². The molecule has 0 spiro atoms. The molecule has 0 aliphatic carbocycles. The van der Waals surface area contributed by atoms with E-state index in [9.17, 15) is 0 Å². The van der Waals surface area contributed by atoms with Crippen LogP contribution in [-0.4, -0.2) is 9.55 Å². The first kappa shape index (κ1) is 13.1. The minimum absolute atomic E-state index is 0.613. The largest absolute Gasteiger partial charge is 0.329 e. The third-order valence-corrected chi connectivity index (χ3v) is 3.98. The molecule has 1 aromatic heterocycles. The van der Waals surface area contributed by atoms with Crippen molar-refractivity contribution < 1.29 is 0 Å². The van der Waals surface area contributed by atoms with Crippen molar-refractivity contribution in [3.8, 4) is 6.07 Å². The van der Waals surface area contributed by atoms with E-state index in [2.05, 4.69) is 39.1 Å². The molecule has 0 atom stereocenters. The molecule has 98 valence electrons. The zero-order valence-electron chi connectivity index (χ0n) is 10.4. The Hall–Kier alpha value is -1.90. The van der Waals surface area contributed by atoms with Crippen molar-refractivity contribution in [2.75, 3.05) is 0 Å². The Morgan fingerprint density at radius 2 is 2.05 bits per heavy atom. The van der Waals surface area contributed by atoms with Crippen LogP contribution in [0.3, 0.4) is 0 Å². The molecule has 3 rings (SSSR count). The number of imidazole rings is 1. The van der Waals surface area contributed by atoms with Crippen molar-refractivity contribution >= 4 is 39.2 Å². The summed E-state index contributed by atoms with van der Waals surface area (Å²) < 4.78 is 3.68. The highest BCUT2D eigenvalue weighted by molar-refractivity contribution is 9.10. The van der Waals surface area contributed by atoms with Crippen LogP contribution in [0, 0.1) is 16.1 Å². The number of nitriles is 1. The van der Waals surface area contributed by atoms with Crippen molar-refractivity contribution in [2.45, 2.75) is 6.54 Å². The first-order valence-electron chi connectivity index (χ1n) is 6.05. The minimum atomic E-state index is 0.613. The third kappa shape index (κ3) is 2.28. The Morgan fingerprint density at radius 3 is 2.80 bits per heavy atom. The van der Waals surface area contributed by atoms with Crippen LogP contribution in [0.5, 0.6) is 0 Å². The lowest BCUT2D eigenvalue weighted by atomic mass is 10.2. The average Bonchev–Trinajstić information content (AvgIpc) is 2.75. The fourth-order valence-corrected chi connectivity index (χ4v) is 2.96. The summed E-state index contributed by atoms with van der Waals surface area (Å²) in [6.45, 7) is 0.674. The van der Waals surface area contributed by atoms with E-state index in [0.29, 0.717) is 16.9 Å². The van der Waals surface area contributed by atoms with Crippen molar-refractivity contribution in [3.63, 3.8) is 0 Å². The van der Waals surface area contributed by atoms with Crippen LogP contribution in [0.1, 0.15) is 11.1 Å². The van der Waals surface area contributed by atoms with E-state index in [-0.39, 0.29) is 0 Å². The summed E-state index contributed by atoms with van der Waals surface area (Å²) in [6.07, 6.45) is 0. The summed E-state index contributed by atoms with van der Waals surface area (Å²) >= 11 is 8.85. The number of fused-ring (bicyclic) bond motifs is 1. The predicted molar refractivity (Wildman–Crippen MR) is 85.1 cm³/mol. The van der Waals surface area contributed by atoms with Gasteiger partial charge in [0.15, 0.2) is 4.77 Å². The van der Waals surface area contributed by atoms with Crippen LogP contribution in [0.4, 0.5) is 0 Å². The highest BCUT2D eigenvalue weighted by Gasteiger charge is 2.08. The van der Waals surface area contributed by atoms with Crippen LogP contribution in [0.2, 0.25) is 0 Å². The number of H-pyrrole nitrogens is 1. The molecule has 0 saturated carbocycles. The second-order valence-corrected chi connectivity index (χ2v) is 5.76. The number of rotatable bonds is 2. The second-order valence-electron chi connectivity index (χ2n) is 4.46. The van der Waals surface area contributed by atoms with Crippen molar-refractivity contribution in [2.24, 2.45) is 0 Å². The van der Waals surface area contributed by atoms with Gasteiger partial charge in [-0.3, -0.25) is 0 Å². The predicted octanol–water partition coefficient (Wildman–Crippen LogP) is 4.38. The lowest BCUT2D eigenvalue weighted by Gasteiger charge is -2.05. The lowest BCUT2D eigenvalue weighted by Crippen LogP contribution is -1.99. The van der Waals surface area contributed by atoms with E-state index < -0.39 is 0 Å². The lowest BCUT2D eigenvalue weighted by molar-refractivity contribution is 0.810. The number of para-hydroxylation sites is 1. The molecule has 0 aliphatic heterocycles. The summed E-state index contributed by atoms with van der Waals surface area (Å²) in [7, 11) is 0. The maximum Gasteiger partial charge on any atom is 0.178 e. The number of halogens is 1. The van der Waals surface area contributed by atoms with E-state index in [4.69, 9.17) is 17.5 Å². The number of aromatic amines is 1. The summed E-state index contributed by atoms with van der Waals surface area (Å²) in [4.78, 5) is 3.13. The van der Waals surface area contributed by atoms with E-state index in [0.717, 1.165) is 21.1 Å². The van der Waals surface area contributed by atoms with E-state index in [1.807, 2.05) is 28.8 Å². The van der Waals surface area contributed by atoms with Gasteiger partial charge in [-0.15, -0.1) is 0 Å². The fourth-order valence-electron chi connectivity index (χ4n) is 2.25. The van der Waals surface area contributed by atoms with Gasteiger partial charge in [-0.2, -0.15) is 5.26 Å². The SMILES string of the molecule is N#Cc1cccc2c1[nH]c(=S)n2Cc1cccc(Br)c1. The Morgan fingerprint density at radius 1 is 1.25 bits per heavy atom. The fraction of sp³-hybridized carbons (Fsp3) is 0.0667. The van der Waals surface area contributed by atoms with Gasteiger partial charge < -0.3 is 9.55 Å². The normalized spacial score (nSPS) is 10.6. The third-order valence-electron chi connectivity index (χ3n) is 3.16. The smallest absolute Gasteiger partial charge is 0.178 e. The van der Waals surface area contributed by atoms with Gasteiger partial charge in [0.2, 0.25) is 0 Å². The number of nitrogens with one attached hydrogen (secondary N) is 1. The number of nitrogens with zero attached hydrogens (tertiary/aromatic N) is 2. The molecule has 0 unspecified atom stereocenters. The van der Waals surface area contributed by atoms with Gasteiger partial charge in [0.05, 0.1) is 23.1 Å². The van der Waals surface area contributed by atoms with Gasteiger partial charge in [-0.1, -0.05) is 34.1 Å². The Labute approximate surface area is 129 Å². The highest BCUT2D eigenvalue weighted by atomic mass is 79.9. The van der Waals surface area contributed by atoms with E-state index >= 15 is 0 Å². The zero-order chi connectivity index (χ0) is 14.1. The number of hydrogen-bond donors (Lipinski definition) is 1. The first-order chi connectivity index (χ1) is 9.69. The van der Waals surface area contributed by atoms with Gasteiger partial charge in [0.1, 0.15) is 6.07 Å². The second kappa shape index (κ2) is 5.23. The van der Waals surface area contributed by atoms with Crippen LogP contribution < -0.4 is 0 Å². The molecule has 0 saturated heterocycles. The molecule has 3 aromatic rings. The highest BCUT2D eigenvalue weighted by Crippen LogP contribution is 2.20. The van der Waals surface area contributed by atoms with E-state index in [1.165, 1.54) is 0 Å². The van der Waals surface area contributed by atoms with Crippen molar-refractivity contribution in [1.29, 1.82) is 5.26 Å². The van der Waals surface area contributed by atoms with Gasteiger partial charge in [0.25, 0.3) is 0 Å². The molecule has 0 aliphatic rings. The Kier molecular flexibility index (Phi) is 3.43. The molecule has 1 heterocycles. The van der Waals surface area contributed by atoms with Gasteiger partial charge >= 0.3 is 0 Å². The molecule has 20 heavy (non-hydrogen) atoms. The molecular weight excluding hydrogens is 334 g/mol. The van der Waals surface area contributed by atoms with E-state index in [1.54, 1.807) is 6.07 Å². The van der Waals surface area contributed by atoms with Crippen molar-refractivity contribution in [1.82, 2.24) is 9.55 Å². The average molecular weight is 344 g/mol. The molecule has 0 radical (unpaired) electrons.